The van der Waals surface area contributed by atoms with Gasteiger partial charge in [-0.2, -0.15) is 0 Å². The van der Waals surface area contributed by atoms with E-state index in [-0.39, 0.29) is 5.56 Å². The normalized spacial score (nSPS) is 12.5. The molecule has 0 aliphatic carbocycles. The minimum absolute atomic E-state index is 0.103. The summed E-state index contributed by atoms with van der Waals surface area (Å²) in [4.78, 5) is 4.19. The fraction of sp³-hybridized carbons (Fsp3) is 0.214. The molecule has 0 amide bonds. The molecule has 100 valence electrons. The Kier molecular flexibility index (Phi) is 4.27. The van der Waals surface area contributed by atoms with Gasteiger partial charge in [0.2, 0.25) is 0 Å². The second-order valence-electron chi connectivity index (χ2n) is 4.36. The van der Waals surface area contributed by atoms with Crippen molar-refractivity contribution in [1.29, 1.82) is 0 Å². The minimum atomic E-state index is -0.762. The van der Waals surface area contributed by atoms with Crippen molar-refractivity contribution in [2.75, 3.05) is 0 Å². The number of nitrogens with zero attached hydrogens (tertiary/aromatic N) is 1. The van der Waals surface area contributed by atoms with Crippen molar-refractivity contribution in [3.8, 4) is 0 Å². The molecule has 0 bridgehead atoms. The van der Waals surface area contributed by atoms with Gasteiger partial charge in [-0.25, -0.2) is 8.78 Å². The van der Waals surface area contributed by atoms with Crippen molar-refractivity contribution in [3.63, 3.8) is 0 Å². The van der Waals surface area contributed by atoms with Gasteiger partial charge in [0.05, 0.1) is 0 Å². The standard InChI is InChI=1S/C14H13BrF2N2/c1-8-3-2-4-19-13(8)7-12(18)14-10(16)5-9(15)6-11(14)17/h2-6,12H,7,18H2,1H3. The first-order valence-electron chi connectivity index (χ1n) is 5.79. The molecule has 1 aromatic carbocycles. The fourth-order valence-electron chi connectivity index (χ4n) is 1.95. The van der Waals surface area contributed by atoms with Crippen molar-refractivity contribution >= 4 is 15.9 Å². The van der Waals surface area contributed by atoms with Crippen LogP contribution in [-0.4, -0.2) is 4.98 Å². The van der Waals surface area contributed by atoms with Gasteiger partial charge in [0.1, 0.15) is 11.6 Å². The van der Waals surface area contributed by atoms with Crippen LogP contribution in [0.1, 0.15) is 22.9 Å². The maximum Gasteiger partial charge on any atom is 0.132 e. The zero-order valence-electron chi connectivity index (χ0n) is 10.3. The molecule has 0 aliphatic heterocycles. The third-order valence-electron chi connectivity index (χ3n) is 2.95. The van der Waals surface area contributed by atoms with Crippen LogP contribution in [-0.2, 0) is 6.42 Å². The Balaban J connectivity index is 2.31. The number of pyridine rings is 1. The van der Waals surface area contributed by atoms with Crippen molar-refractivity contribution in [2.24, 2.45) is 5.73 Å². The number of nitrogens with two attached hydrogens (primary N) is 1. The van der Waals surface area contributed by atoms with Gasteiger partial charge < -0.3 is 5.73 Å². The zero-order valence-corrected chi connectivity index (χ0v) is 11.9. The van der Waals surface area contributed by atoms with Crippen molar-refractivity contribution in [1.82, 2.24) is 4.98 Å². The topological polar surface area (TPSA) is 38.9 Å². The van der Waals surface area contributed by atoms with Crippen molar-refractivity contribution in [2.45, 2.75) is 19.4 Å². The molecule has 0 saturated carbocycles. The predicted octanol–water partition coefficient (Wildman–Crippen LogP) is 3.67. The van der Waals surface area contributed by atoms with Crippen LogP contribution in [0.2, 0.25) is 0 Å². The van der Waals surface area contributed by atoms with E-state index in [4.69, 9.17) is 5.73 Å². The summed E-state index contributed by atoms with van der Waals surface area (Å²) in [5, 5.41) is 0. The van der Waals surface area contributed by atoms with Crippen LogP contribution in [0.15, 0.2) is 34.9 Å². The SMILES string of the molecule is Cc1cccnc1CC(N)c1c(F)cc(Br)cc1F. The highest BCUT2D eigenvalue weighted by molar-refractivity contribution is 9.10. The Morgan fingerprint density at radius 3 is 2.53 bits per heavy atom. The average molecular weight is 327 g/mol. The van der Waals surface area contributed by atoms with Crippen LogP contribution >= 0.6 is 15.9 Å². The maximum absolute atomic E-state index is 13.8. The lowest BCUT2D eigenvalue weighted by atomic mass is 9.99. The largest absolute Gasteiger partial charge is 0.323 e. The van der Waals surface area contributed by atoms with E-state index < -0.39 is 17.7 Å². The second kappa shape index (κ2) is 5.75. The molecule has 1 unspecified atom stereocenters. The summed E-state index contributed by atoms with van der Waals surface area (Å²) < 4.78 is 27.9. The summed E-state index contributed by atoms with van der Waals surface area (Å²) in [6.07, 6.45) is 1.94. The summed E-state index contributed by atoms with van der Waals surface area (Å²) in [6, 6.07) is 5.36. The van der Waals surface area contributed by atoms with Gasteiger partial charge in [-0.3, -0.25) is 4.98 Å². The molecule has 2 nitrogen and oxygen atoms in total. The summed E-state index contributed by atoms with van der Waals surface area (Å²) >= 11 is 3.04. The van der Waals surface area contributed by atoms with Gasteiger partial charge in [0.25, 0.3) is 0 Å². The molecule has 0 spiro atoms. The molecule has 0 fully saturated rings. The molecule has 2 aromatic rings. The number of rotatable bonds is 3. The van der Waals surface area contributed by atoms with Crippen LogP contribution in [0.3, 0.4) is 0 Å². The lowest BCUT2D eigenvalue weighted by Gasteiger charge is -2.15. The van der Waals surface area contributed by atoms with Crippen molar-refractivity contribution < 1.29 is 8.78 Å². The van der Waals surface area contributed by atoms with Crippen LogP contribution in [0, 0.1) is 18.6 Å². The Morgan fingerprint density at radius 2 is 1.95 bits per heavy atom. The number of hydrogen-bond donors (Lipinski definition) is 1. The van der Waals surface area contributed by atoms with Crippen LogP contribution in [0.4, 0.5) is 8.78 Å². The van der Waals surface area contributed by atoms with Gasteiger partial charge in [0, 0.05) is 34.4 Å². The van der Waals surface area contributed by atoms with Gasteiger partial charge in [-0.1, -0.05) is 22.0 Å². The van der Waals surface area contributed by atoms with E-state index in [2.05, 4.69) is 20.9 Å². The van der Waals surface area contributed by atoms with E-state index in [1.807, 2.05) is 19.1 Å². The monoisotopic (exact) mass is 326 g/mol. The lowest BCUT2D eigenvalue weighted by molar-refractivity contribution is 0.521. The molecule has 2 N–H and O–H groups in total. The summed E-state index contributed by atoms with van der Waals surface area (Å²) in [7, 11) is 0. The van der Waals surface area contributed by atoms with Crippen LogP contribution < -0.4 is 5.73 Å². The smallest absolute Gasteiger partial charge is 0.132 e. The highest BCUT2D eigenvalue weighted by Gasteiger charge is 2.19. The highest BCUT2D eigenvalue weighted by Crippen LogP contribution is 2.26. The van der Waals surface area contributed by atoms with E-state index in [0.29, 0.717) is 10.9 Å². The highest BCUT2D eigenvalue weighted by atomic mass is 79.9. The zero-order chi connectivity index (χ0) is 14.0. The Labute approximate surface area is 118 Å². The number of benzene rings is 1. The minimum Gasteiger partial charge on any atom is -0.323 e. The molecule has 1 atom stereocenters. The van der Waals surface area contributed by atoms with Gasteiger partial charge in [-0.15, -0.1) is 0 Å². The number of aryl methyl sites for hydroxylation is 1. The van der Waals surface area contributed by atoms with E-state index >= 15 is 0 Å². The molecular formula is C14H13BrF2N2. The molecule has 1 aromatic heterocycles. The molecule has 5 heteroatoms. The van der Waals surface area contributed by atoms with Crippen molar-refractivity contribution in [3.05, 3.63) is 63.4 Å². The Bertz CT molecular complexity index is 579. The van der Waals surface area contributed by atoms with Gasteiger partial charge in [-0.05, 0) is 30.7 Å². The maximum atomic E-state index is 13.8. The quantitative estimate of drug-likeness (QED) is 0.934. The second-order valence-corrected chi connectivity index (χ2v) is 5.28. The van der Waals surface area contributed by atoms with E-state index in [9.17, 15) is 8.78 Å². The van der Waals surface area contributed by atoms with Crippen LogP contribution in [0.5, 0.6) is 0 Å². The molecular weight excluding hydrogens is 314 g/mol. The summed E-state index contributed by atoms with van der Waals surface area (Å²) in [5.41, 5.74) is 7.51. The van der Waals surface area contributed by atoms with Gasteiger partial charge in [0.15, 0.2) is 0 Å². The van der Waals surface area contributed by atoms with E-state index in [1.165, 1.54) is 12.1 Å². The number of aromatic nitrogens is 1. The first-order valence-corrected chi connectivity index (χ1v) is 6.59. The predicted molar refractivity (Wildman–Crippen MR) is 73.7 cm³/mol. The lowest BCUT2D eigenvalue weighted by Crippen LogP contribution is -2.18. The first-order chi connectivity index (χ1) is 8.99. The first kappa shape index (κ1) is 14.1. The fourth-order valence-corrected chi connectivity index (χ4v) is 2.35. The van der Waals surface area contributed by atoms with Gasteiger partial charge >= 0.3 is 0 Å². The third-order valence-corrected chi connectivity index (χ3v) is 3.40. The number of halogens is 3. The molecule has 0 saturated heterocycles. The summed E-state index contributed by atoms with van der Waals surface area (Å²) in [6.45, 7) is 1.89. The Hall–Kier alpha value is -1.33. The van der Waals surface area contributed by atoms with E-state index in [0.717, 1.165) is 11.3 Å². The molecule has 19 heavy (non-hydrogen) atoms. The average Bonchev–Trinajstić information content (AvgIpc) is 2.30. The van der Waals surface area contributed by atoms with Crippen LogP contribution in [0.25, 0.3) is 0 Å². The molecule has 2 rings (SSSR count). The third kappa shape index (κ3) is 3.16. The molecule has 0 aliphatic rings. The Morgan fingerprint density at radius 1 is 1.32 bits per heavy atom. The summed E-state index contributed by atoms with van der Waals surface area (Å²) in [5.74, 6) is -1.29. The number of hydrogen-bond acceptors (Lipinski definition) is 2. The van der Waals surface area contributed by atoms with E-state index in [1.54, 1.807) is 6.20 Å². The molecule has 0 radical (unpaired) electrons. The molecule has 1 heterocycles.